The Balaban J connectivity index is 2.47. The van der Waals surface area contributed by atoms with Crippen molar-refractivity contribution >= 4 is 39.1 Å². The first kappa shape index (κ1) is 13.8. The minimum absolute atomic E-state index is 0.377. The second-order valence-electron chi connectivity index (χ2n) is 3.81. The van der Waals surface area contributed by atoms with Crippen LogP contribution < -0.4 is 5.73 Å². The van der Waals surface area contributed by atoms with Crippen molar-refractivity contribution in [1.29, 1.82) is 0 Å². The number of halogens is 4. The molecule has 94 valence electrons. The van der Waals surface area contributed by atoms with Crippen LogP contribution in [0, 0.1) is 5.82 Å². The largest absolute Gasteiger partial charge is 0.320 e. The Morgan fingerprint density at radius 1 is 1.06 bits per heavy atom. The van der Waals surface area contributed by atoms with Gasteiger partial charge in [-0.1, -0.05) is 45.2 Å². The Morgan fingerprint density at radius 2 is 1.78 bits per heavy atom. The van der Waals surface area contributed by atoms with Crippen molar-refractivity contribution in [1.82, 2.24) is 0 Å². The maximum Gasteiger partial charge on any atom is 0.129 e. The fraction of sp³-hybridized carbons (Fsp3) is 0.0769. The average Bonchev–Trinajstić information content (AvgIpc) is 2.31. The third-order valence-corrected chi connectivity index (χ3v) is 3.66. The molecule has 2 N–H and O–H groups in total. The van der Waals surface area contributed by atoms with E-state index in [-0.39, 0.29) is 5.82 Å². The molecule has 5 heteroatoms. The number of benzene rings is 2. The van der Waals surface area contributed by atoms with Gasteiger partial charge in [0.2, 0.25) is 0 Å². The molecule has 1 atom stereocenters. The quantitative estimate of drug-likeness (QED) is 0.816. The number of hydrogen-bond donors (Lipinski definition) is 1. The number of hydrogen-bond acceptors (Lipinski definition) is 1. The van der Waals surface area contributed by atoms with Crippen molar-refractivity contribution in [3.63, 3.8) is 0 Å². The molecule has 0 saturated carbocycles. The van der Waals surface area contributed by atoms with Gasteiger partial charge in [-0.15, -0.1) is 0 Å². The summed E-state index contributed by atoms with van der Waals surface area (Å²) in [6.45, 7) is 0. The third kappa shape index (κ3) is 2.86. The lowest BCUT2D eigenvalue weighted by Gasteiger charge is -2.15. The second-order valence-corrected chi connectivity index (χ2v) is 5.57. The summed E-state index contributed by atoms with van der Waals surface area (Å²) in [6, 6.07) is 9.04. The summed E-state index contributed by atoms with van der Waals surface area (Å²) in [5.74, 6) is -0.382. The molecule has 2 aromatic carbocycles. The Bertz CT molecular complexity index is 589. The molecule has 0 spiro atoms. The number of rotatable bonds is 2. The summed E-state index contributed by atoms with van der Waals surface area (Å²) in [7, 11) is 0. The SMILES string of the molecule is NC(c1ccc(Br)cc1F)c1cc(Cl)ccc1Cl. The zero-order valence-corrected chi connectivity index (χ0v) is 12.2. The van der Waals surface area contributed by atoms with Crippen molar-refractivity contribution in [2.45, 2.75) is 6.04 Å². The highest BCUT2D eigenvalue weighted by molar-refractivity contribution is 9.10. The molecule has 0 saturated heterocycles. The molecule has 18 heavy (non-hydrogen) atoms. The van der Waals surface area contributed by atoms with Crippen LogP contribution in [0.3, 0.4) is 0 Å². The van der Waals surface area contributed by atoms with Crippen LogP contribution in [0.25, 0.3) is 0 Å². The molecule has 0 radical (unpaired) electrons. The summed E-state index contributed by atoms with van der Waals surface area (Å²) in [5, 5.41) is 0.983. The molecular formula is C13H9BrCl2FN. The Kier molecular flexibility index (Phi) is 4.28. The minimum Gasteiger partial charge on any atom is -0.320 e. The van der Waals surface area contributed by atoms with E-state index in [1.165, 1.54) is 6.07 Å². The van der Waals surface area contributed by atoms with Crippen molar-refractivity contribution in [2.24, 2.45) is 5.73 Å². The van der Waals surface area contributed by atoms with Crippen molar-refractivity contribution < 1.29 is 4.39 Å². The highest BCUT2D eigenvalue weighted by Crippen LogP contribution is 2.31. The zero-order valence-electron chi connectivity index (χ0n) is 9.13. The summed E-state index contributed by atoms with van der Waals surface area (Å²) in [6.07, 6.45) is 0. The molecule has 2 rings (SSSR count). The van der Waals surface area contributed by atoms with E-state index in [2.05, 4.69) is 15.9 Å². The molecule has 0 aliphatic carbocycles. The summed E-state index contributed by atoms with van der Waals surface area (Å²) >= 11 is 15.2. The van der Waals surface area contributed by atoms with Crippen LogP contribution in [0.1, 0.15) is 17.2 Å². The Labute approximate surface area is 123 Å². The Hall–Kier alpha value is -0.610. The van der Waals surface area contributed by atoms with E-state index in [0.29, 0.717) is 25.6 Å². The maximum absolute atomic E-state index is 13.8. The smallest absolute Gasteiger partial charge is 0.129 e. The molecule has 1 nitrogen and oxygen atoms in total. The molecular weight excluding hydrogens is 340 g/mol. The molecule has 0 fully saturated rings. The standard InChI is InChI=1S/C13H9BrCl2FN/c14-7-1-3-9(12(17)5-7)13(18)10-6-8(15)2-4-11(10)16/h1-6,13H,18H2. The zero-order chi connectivity index (χ0) is 13.3. The maximum atomic E-state index is 13.8. The van der Waals surface area contributed by atoms with Crippen LogP contribution in [0.15, 0.2) is 40.9 Å². The first-order chi connectivity index (χ1) is 8.49. The van der Waals surface area contributed by atoms with Gasteiger partial charge in [-0.3, -0.25) is 0 Å². The van der Waals surface area contributed by atoms with Gasteiger partial charge in [0.25, 0.3) is 0 Å². The molecule has 2 aromatic rings. The monoisotopic (exact) mass is 347 g/mol. The molecule has 0 amide bonds. The van der Waals surface area contributed by atoms with Crippen molar-refractivity contribution in [3.8, 4) is 0 Å². The van der Waals surface area contributed by atoms with Crippen molar-refractivity contribution in [2.75, 3.05) is 0 Å². The van der Waals surface area contributed by atoms with Crippen LogP contribution in [0.2, 0.25) is 10.0 Å². The van der Waals surface area contributed by atoms with E-state index >= 15 is 0 Å². The van der Waals surface area contributed by atoms with Gasteiger partial charge in [-0.25, -0.2) is 4.39 Å². The van der Waals surface area contributed by atoms with E-state index in [4.69, 9.17) is 28.9 Å². The first-order valence-electron chi connectivity index (χ1n) is 5.14. The van der Waals surface area contributed by atoms with E-state index in [1.807, 2.05) is 0 Å². The van der Waals surface area contributed by atoms with E-state index < -0.39 is 6.04 Å². The highest BCUT2D eigenvalue weighted by Gasteiger charge is 2.16. The van der Waals surface area contributed by atoms with E-state index in [0.717, 1.165) is 0 Å². The third-order valence-electron chi connectivity index (χ3n) is 2.59. The molecule has 0 bridgehead atoms. The van der Waals surface area contributed by atoms with E-state index in [9.17, 15) is 4.39 Å². The predicted molar refractivity (Wildman–Crippen MR) is 76.6 cm³/mol. The van der Waals surface area contributed by atoms with Crippen LogP contribution in [-0.2, 0) is 0 Å². The van der Waals surface area contributed by atoms with Gasteiger partial charge in [-0.2, -0.15) is 0 Å². The molecule has 1 unspecified atom stereocenters. The van der Waals surface area contributed by atoms with Gasteiger partial charge in [0, 0.05) is 20.1 Å². The van der Waals surface area contributed by atoms with Gasteiger partial charge >= 0.3 is 0 Å². The number of nitrogens with two attached hydrogens (primary N) is 1. The van der Waals surface area contributed by atoms with Crippen LogP contribution in [0.5, 0.6) is 0 Å². The predicted octanol–water partition coefficient (Wildman–Crippen LogP) is 4.94. The lowest BCUT2D eigenvalue weighted by molar-refractivity contribution is 0.599. The highest BCUT2D eigenvalue weighted by atomic mass is 79.9. The van der Waals surface area contributed by atoms with Crippen molar-refractivity contribution in [3.05, 3.63) is 67.9 Å². The fourth-order valence-electron chi connectivity index (χ4n) is 1.67. The molecule has 0 heterocycles. The first-order valence-corrected chi connectivity index (χ1v) is 6.69. The van der Waals surface area contributed by atoms with Gasteiger partial charge in [0.1, 0.15) is 5.82 Å². The summed E-state index contributed by atoms with van der Waals surface area (Å²) in [4.78, 5) is 0. The molecule has 0 aromatic heterocycles. The molecule has 0 aliphatic rings. The van der Waals surface area contributed by atoms with Crippen LogP contribution >= 0.6 is 39.1 Å². The van der Waals surface area contributed by atoms with Crippen LogP contribution in [0.4, 0.5) is 4.39 Å². The summed E-state index contributed by atoms with van der Waals surface area (Å²) < 4.78 is 14.5. The van der Waals surface area contributed by atoms with Gasteiger partial charge in [-0.05, 0) is 35.9 Å². The fourth-order valence-corrected chi connectivity index (χ4v) is 2.42. The molecule has 0 aliphatic heterocycles. The van der Waals surface area contributed by atoms with Gasteiger partial charge in [0.05, 0.1) is 6.04 Å². The van der Waals surface area contributed by atoms with Gasteiger partial charge < -0.3 is 5.73 Å². The van der Waals surface area contributed by atoms with Gasteiger partial charge in [0.15, 0.2) is 0 Å². The average molecular weight is 349 g/mol. The summed E-state index contributed by atoms with van der Waals surface area (Å²) in [5.41, 5.74) is 7.02. The lowest BCUT2D eigenvalue weighted by atomic mass is 9.99. The topological polar surface area (TPSA) is 26.0 Å². The second kappa shape index (κ2) is 5.57. The lowest BCUT2D eigenvalue weighted by Crippen LogP contribution is -2.14. The Morgan fingerprint density at radius 3 is 2.44 bits per heavy atom. The normalized spacial score (nSPS) is 12.5. The van der Waals surface area contributed by atoms with E-state index in [1.54, 1.807) is 30.3 Å². The van der Waals surface area contributed by atoms with Crippen LogP contribution in [-0.4, -0.2) is 0 Å². The minimum atomic E-state index is -0.649.